The third-order valence-corrected chi connectivity index (χ3v) is 3.66. The van der Waals surface area contributed by atoms with Crippen molar-refractivity contribution in [1.29, 1.82) is 0 Å². The third kappa shape index (κ3) is 3.22. The quantitative estimate of drug-likeness (QED) is 0.913. The summed E-state index contributed by atoms with van der Waals surface area (Å²) in [5.41, 5.74) is 2.54. The molecule has 0 atom stereocenters. The fraction of sp³-hybridized carbons (Fsp3) is 0.294. The molecule has 0 bridgehead atoms. The summed E-state index contributed by atoms with van der Waals surface area (Å²) in [4.78, 5) is 18.0. The highest BCUT2D eigenvalue weighted by atomic mass is 35.5. The van der Waals surface area contributed by atoms with Gasteiger partial charge in [-0.3, -0.25) is 0 Å². The van der Waals surface area contributed by atoms with Gasteiger partial charge in [0.15, 0.2) is 0 Å². The lowest BCUT2D eigenvalue weighted by molar-refractivity contribution is 0.0698. The molecule has 5 heteroatoms. The number of pyridine rings is 1. The molecule has 0 fully saturated rings. The van der Waals surface area contributed by atoms with Gasteiger partial charge in [0.05, 0.1) is 0 Å². The van der Waals surface area contributed by atoms with Crippen LogP contribution in [0.1, 0.15) is 35.8 Å². The molecular formula is C17H19ClN2O2. The number of aromatic nitrogens is 1. The van der Waals surface area contributed by atoms with Gasteiger partial charge in [-0.25, -0.2) is 9.78 Å². The molecule has 1 aromatic heterocycles. The molecule has 0 aliphatic carbocycles. The summed E-state index contributed by atoms with van der Waals surface area (Å²) in [6.07, 6.45) is 0. The second-order valence-corrected chi connectivity index (χ2v) is 6.09. The molecule has 0 radical (unpaired) electrons. The van der Waals surface area contributed by atoms with Gasteiger partial charge in [0.1, 0.15) is 11.4 Å². The van der Waals surface area contributed by atoms with Crippen molar-refractivity contribution in [3.05, 3.63) is 46.6 Å². The van der Waals surface area contributed by atoms with Gasteiger partial charge in [0.2, 0.25) is 0 Å². The van der Waals surface area contributed by atoms with Gasteiger partial charge in [-0.05, 0) is 29.7 Å². The van der Waals surface area contributed by atoms with E-state index in [0.717, 1.165) is 11.3 Å². The van der Waals surface area contributed by atoms with Crippen LogP contribution in [0.4, 0.5) is 5.82 Å². The van der Waals surface area contributed by atoms with Crippen LogP contribution < -0.4 is 4.90 Å². The van der Waals surface area contributed by atoms with E-state index in [1.165, 1.54) is 0 Å². The average Bonchev–Trinajstić information content (AvgIpc) is 2.46. The summed E-state index contributed by atoms with van der Waals surface area (Å²) in [7, 11) is 3.59. The van der Waals surface area contributed by atoms with Gasteiger partial charge < -0.3 is 10.0 Å². The molecule has 0 saturated heterocycles. The van der Waals surface area contributed by atoms with Crippen LogP contribution in [0.2, 0.25) is 5.02 Å². The molecule has 2 rings (SSSR count). The number of benzene rings is 1. The van der Waals surface area contributed by atoms with Crippen LogP contribution in [-0.4, -0.2) is 30.2 Å². The standard InChI is InChI=1S/C17H19ClN2O2/c1-10(2)14-9-13(11-5-7-12(18)8-6-11)15(17(21)22)16(19-14)20(3)4/h5-10H,1-4H3,(H,21,22). The minimum atomic E-state index is -0.989. The third-order valence-electron chi connectivity index (χ3n) is 3.40. The van der Waals surface area contributed by atoms with E-state index in [-0.39, 0.29) is 11.5 Å². The number of halogens is 1. The number of anilines is 1. The molecule has 1 N–H and O–H groups in total. The summed E-state index contributed by atoms with van der Waals surface area (Å²) in [6, 6.07) is 9.02. The number of hydrogen-bond acceptors (Lipinski definition) is 3. The molecule has 0 spiro atoms. The Balaban J connectivity index is 2.78. The molecule has 2 aromatic rings. The van der Waals surface area contributed by atoms with Crippen LogP contribution in [0.5, 0.6) is 0 Å². The predicted octanol–water partition coefficient (Wildman–Crippen LogP) is 4.29. The highest BCUT2D eigenvalue weighted by Crippen LogP contribution is 2.33. The number of carbonyl (C=O) groups is 1. The fourth-order valence-electron chi connectivity index (χ4n) is 2.24. The first-order valence-corrected chi connectivity index (χ1v) is 7.40. The maximum absolute atomic E-state index is 11.8. The lowest BCUT2D eigenvalue weighted by atomic mass is 9.97. The summed E-state index contributed by atoms with van der Waals surface area (Å²) < 4.78 is 0. The lowest BCUT2D eigenvalue weighted by Crippen LogP contribution is -2.18. The van der Waals surface area contributed by atoms with Crippen LogP contribution in [0, 0.1) is 0 Å². The molecular weight excluding hydrogens is 300 g/mol. The number of carboxylic acid groups (broad SMARTS) is 1. The zero-order valence-electron chi connectivity index (χ0n) is 13.1. The first-order valence-electron chi connectivity index (χ1n) is 7.02. The van der Waals surface area contributed by atoms with E-state index in [1.807, 2.05) is 32.0 Å². The maximum Gasteiger partial charge on any atom is 0.340 e. The maximum atomic E-state index is 11.8. The van der Waals surface area contributed by atoms with E-state index in [2.05, 4.69) is 4.98 Å². The Morgan fingerprint density at radius 3 is 2.27 bits per heavy atom. The monoisotopic (exact) mass is 318 g/mol. The SMILES string of the molecule is CC(C)c1cc(-c2ccc(Cl)cc2)c(C(=O)O)c(N(C)C)n1. The van der Waals surface area contributed by atoms with E-state index in [4.69, 9.17) is 11.6 Å². The van der Waals surface area contributed by atoms with Crippen LogP contribution >= 0.6 is 11.6 Å². The van der Waals surface area contributed by atoms with E-state index >= 15 is 0 Å². The molecule has 0 amide bonds. The molecule has 0 aliphatic heterocycles. The summed E-state index contributed by atoms with van der Waals surface area (Å²) >= 11 is 5.93. The van der Waals surface area contributed by atoms with Crippen molar-refractivity contribution in [3.63, 3.8) is 0 Å². The molecule has 4 nitrogen and oxygen atoms in total. The smallest absolute Gasteiger partial charge is 0.340 e. The predicted molar refractivity (Wildman–Crippen MR) is 90.1 cm³/mol. The van der Waals surface area contributed by atoms with Crippen LogP contribution in [-0.2, 0) is 0 Å². The van der Waals surface area contributed by atoms with Crippen molar-refractivity contribution < 1.29 is 9.90 Å². The minimum absolute atomic E-state index is 0.201. The minimum Gasteiger partial charge on any atom is -0.478 e. The van der Waals surface area contributed by atoms with Crippen LogP contribution in [0.3, 0.4) is 0 Å². The highest BCUT2D eigenvalue weighted by molar-refractivity contribution is 6.30. The normalized spacial score (nSPS) is 10.8. The Labute approximate surface area is 135 Å². The van der Waals surface area contributed by atoms with Gasteiger partial charge in [-0.1, -0.05) is 37.6 Å². The molecule has 0 saturated carbocycles. The van der Waals surface area contributed by atoms with E-state index in [1.54, 1.807) is 31.1 Å². The van der Waals surface area contributed by atoms with Crippen molar-refractivity contribution in [1.82, 2.24) is 4.98 Å². The Morgan fingerprint density at radius 1 is 1.23 bits per heavy atom. The summed E-state index contributed by atoms with van der Waals surface area (Å²) in [6.45, 7) is 4.07. The topological polar surface area (TPSA) is 53.4 Å². The Bertz CT molecular complexity index is 695. The number of hydrogen-bond donors (Lipinski definition) is 1. The summed E-state index contributed by atoms with van der Waals surface area (Å²) in [5, 5.41) is 10.3. The average molecular weight is 319 g/mol. The first kappa shape index (κ1) is 16.3. The molecule has 0 unspecified atom stereocenters. The zero-order valence-corrected chi connectivity index (χ0v) is 13.8. The molecule has 116 valence electrons. The molecule has 22 heavy (non-hydrogen) atoms. The molecule has 0 aliphatic rings. The van der Waals surface area contributed by atoms with E-state index < -0.39 is 5.97 Å². The van der Waals surface area contributed by atoms with Gasteiger partial charge in [-0.2, -0.15) is 0 Å². The molecule has 1 heterocycles. The highest BCUT2D eigenvalue weighted by Gasteiger charge is 2.22. The van der Waals surface area contributed by atoms with Crippen LogP contribution in [0.15, 0.2) is 30.3 Å². The van der Waals surface area contributed by atoms with Gasteiger partial charge >= 0.3 is 5.97 Å². The lowest BCUT2D eigenvalue weighted by Gasteiger charge is -2.20. The number of nitrogens with zero attached hydrogens (tertiary/aromatic N) is 2. The van der Waals surface area contributed by atoms with Gasteiger partial charge in [0.25, 0.3) is 0 Å². The largest absolute Gasteiger partial charge is 0.478 e. The number of carboxylic acids is 1. The van der Waals surface area contributed by atoms with Gasteiger partial charge in [0, 0.05) is 30.4 Å². The Hall–Kier alpha value is -2.07. The number of rotatable bonds is 4. The second-order valence-electron chi connectivity index (χ2n) is 5.65. The summed E-state index contributed by atoms with van der Waals surface area (Å²) in [5.74, 6) is -0.326. The Kier molecular flexibility index (Phi) is 4.71. The van der Waals surface area contributed by atoms with Crippen molar-refractivity contribution in [2.75, 3.05) is 19.0 Å². The zero-order chi connectivity index (χ0) is 16.4. The van der Waals surface area contributed by atoms with Crippen molar-refractivity contribution in [2.24, 2.45) is 0 Å². The van der Waals surface area contributed by atoms with Crippen molar-refractivity contribution in [2.45, 2.75) is 19.8 Å². The Morgan fingerprint density at radius 2 is 1.82 bits per heavy atom. The van der Waals surface area contributed by atoms with Crippen molar-refractivity contribution in [3.8, 4) is 11.1 Å². The first-order chi connectivity index (χ1) is 10.3. The fourth-order valence-corrected chi connectivity index (χ4v) is 2.36. The van der Waals surface area contributed by atoms with E-state index in [0.29, 0.717) is 16.4 Å². The molecule has 1 aromatic carbocycles. The number of aromatic carboxylic acids is 1. The van der Waals surface area contributed by atoms with E-state index in [9.17, 15) is 9.90 Å². The van der Waals surface area contributed by atoms with Crippen molar-refractivity contribution >= 4 is 23.4 Å². The second kappa shape index (κ2) is 6.36. The van der Waals surface area contributed by atoms with Gasteiger partial charge in [-0.15, -0.1) is 0 Å². The van der Waals surface area contributed by atoms with Crippen LogP contribution in [0.25, 0.3) is 11.1 Å².